The van der Waals surface area contributed by atoms with Crippen molar-refractivity contribution < 1.29 is 117 Å². The van der Waals surface area contributed by atoms with Crippen molar-refractivity contribution in [3.8, 4) is 0 Å². The Hall–Kier alpha value is -3.57. The number of rotatable bonds is 11. The van der Waals surface area contributed by atoms with Gasteiger partial charge in [-0.1, -0.05) is 12.1 Å². The zero-order valence-corrected chi connectivity index (χ0v) is 30.3. The number of carboxylic acid groups (broad SMARTS) is 2. The molecule has 4 atom stereocenters. The first-order chi connectivity index (χ1) is 21.8. The van der Waals surface area contributed by atoms with E-state index >= 15 is 0 Å². The molecule has 0 unspecified atom stereocenters. The van der Waals surface area contributed by atoms with E-state index in [1.807, 2.05) is 0 Å². The van der Waals surface area contributed by atoms with E-state index in [0.717, 1.165) is 21.6 Å². The molecule has 3 aliphatic heterocycles. The summed E-state index contributed by atoms with van der Waals surface area (Å²) in [6.45, 7) is -0.961. The molecule has 0 aromatic heterocycles. The molecule has 0 aliphatic carbocycles. The van der Waals surface area contributed by atoms with Crippen LogP contribution in [0.15, 0.2) is 35.5 Å². The van der Waals surface area contributed by atoms with Gasteiger partial charge in [-0.25, -0.2) is 24.1 Å². The summed E-state index contributed by atoms with van der Waals surface area (Å²) in [5.74, 6) is -5.05. The third-order valence-corrected chi connectivity index (χ3v) is 8.09. The molecule has 2 saturated heterocycles. The fourth-order valence-electron chi connectivity index (χ4n) is 4.49. The number of aliphatic carboxylic acids is 2. The molecule has 1 aromatic rings. The molecule has 0 saturated carbocycles. The molecule has 0 bridgehead atoms. The molecular weight excluding hydrogens is 682 g/mol. The van der Waals surface area contributed by atoms with Crippen LogP contribution in [0.2, 0.25) is 0 Å². The van der Waals surface area contributed by atoms with Gasteiger partial charge in [-0.2, -0.15) is 0 Å². The molecule has 246 valence electrons. The van der Waals surface area contributed by atoms with Crippen LogP contribution < -0.4 is 102 Å². The number of primary amides is 1. The number of ether oxygens (including phenoxy) is 2. The number of nitrogens with two attached hydrogens (primary N) is 2. The molecule has 0 spiro atoms. The van der Waals surface area contributed by atoms with E-state index in [-0.39, 0.29) is 94.8 Å². The van der Waals surface area contributed by atoms with Crippen LogP contribution in [0.5, 0.6) is 0 Å². The minimum Gasteiger partial charge on any atom is -0.548 e. The number of nitrogens with zero attached hydrogens (tertiary/aromatic N) is 2. The molecule has 8 N–H and O–H groups in total. The second-order valence-electron chi connectivity index (χ2n) is 9.78. The summed E-state index contributed by atoms with van der Waals surface area (Å²) in [7, 11) is 0. The van der Waals surface area contributed by atoms with E-state index in [0.29, 0.717) is 0 Å². The number of β-lactam (4-membered cyclic amide) rings is 1. The number of carboxylic acids is 2. The van der Waals surface area contributed by atoms with Gasteiger partial charge in [0.2, 0.25) is 5.91 Å². The Morgan fingerprint density at radius 1 is 1.06 bits per heavy atom. The number of amides is 8. The maximum absolute atomic E-state index is 13.5. The standard InChI is InChI=1S/C25H28N8O12S.2Na/c26-13(20(36)37)8-45-25(43)29-12-3-1-10(2-4-12)14(31-24(42)32-6-5-28-23(32)41)17(34)30-15-18(35)33-16(21(38)39)11(7-44-22(27)40)9-46-19(15)33;;/h1-4,13-15,19H,5-9,26H2,(H2,27,40)(H,28,41)(H,29,43)(H,30,34)(H,31,42)(H,36,37)(H,38,39);;/q;2*+1/p-2/t13-,14-,15-,19+;;/m1../s1. The Balaban J connectivity index is 0.00000400. The van der Waals surface area contributed by atoms with E-state index in [1.54, 1.807) is 0 Å². The number of nitrogens with one attached hydrogen (secondary N) is 4. The number of thioether (sulfide) groups is 1. The van der Waals surface area contributed by atoms with Gasteiger partial charge in [-0.3, -0.25) is 19.8 Å². The zero-order valence-electron chi connectivity index (χ0n) is 25.5. The number of urea groups is 2. The number of carbonyl (C=O) groups excluding carboxylic acids is 8. The van der Waals surface area contributed by atoms with Crippen molar-refractivity contribution in [3.05, 3.63) is 41.1 Å². The van der Waals surface area contributed by atoms with E-state index in [9.17, 15) is 48.6 Å². The summed E-state index contributed by atoms with van der Waals surface area (Å²) < 4.78 is 9.36. The molecule has 3 aliphatic rings. The number of fused-ring (bicyclic) bond motifs is 1. The Morgan fingerprint density at radius 3 is 2.29 bits per heavy atom. The molecule has 4 rings (SSSR count). The van der Waals surface area contributed by atoms with Crippen LogP contribution in [-0.4, -0.2) is 107 Å². The van der Waals surface area contributed by atoms with Crippen molar-refractivity contribution in [1.29, 1.82) is 0 Å². The van der Waals surface area contributed by atoms with Crippen LogP contribution in [0.1, 0.15) is 11.6 Å². The van der Waals surface area contributed by atoms with Crippen molar-refractivity contribution in [3.63, 3.8) is 0 Å². The van der Waals surface area contributed by atoms with Gasteiger partial charge in [0, 0.05) is 30.1 Å². The maximum atomic E-state index is 13.5. The monoisotopic (exact) mass is 708 g/mol. The van der Waals surface area contributed by atoms with E-state index in [2.05, 4.69) is 26.0 Å². The fraction of sp³-hybridized carbons (Fsp3) is 0.360. The van der Waals surface area contributed by atoms with Crippen LogP contribution in [0.4, 0.5) is 24.9 Å². The Kier molecular flexibility index (Phi) is 15.0. The number of carbonyl (C=O) groups is 8. The molecule has 2 fully saturated rings. The predicted molar refractivity (Wildman–Crippen MR) is 148 cm³/mol. The van der Waals surface area contributed by atoms with Crippen LogP contribution in [0.25, 0.3) is 0 Å². The van der Waals surface area contributed by atoms with Gasteiger partial charge in [0.25, 0.3) is 5.91 Å². The normalized spacial score (nSPS) is 19.1. The smallest absolute Gasteiger partial charge is 0.548 e. The number of hydrogen-bond donors (Lipinski definition) is 6. The Morgan fingerprint density at radius 2 is 1.73 bits per heavy atom. The average molecular weight is 709 g/mol. The third-order valence-electron chi connectivity index (χ3n) is 6.75. The molecule has 8 amide bonds. The van der Waals surface area contributed by atoms with Gasteiger partial charge < -0.3 is 56.7 Å². The fourth-order valence-corrected chi connectivity index (χ4v) is 5.82. The molecule has 48 heavy (non-hydrogen) atoms. The summed E-state index contributed by atoms with van der Waals surface area (Å²) >= 11 is 1.07. The summed E-state index contributed by atoms with van der Waals surface area (Å²) in [5, 5.41) is 31.3. The Bertz CT molecular complexity index is 1510. The van der Waals surface area contributed by atoms with Crippen LogP contribution in [-0.2, 0) is 28.7 Å². The number of benzene rings is 1. The summed E-state index contributed by atoms with van der Waals surface area (Å²) in [5.41, 5.74) is 10.0. The molecule has 20 nitrogen and oxygen atoms in total. The predicted octanol–water partition coefficient (Wildman–Crippen LogP) is -10.4. The van der Waals surface area contributed by atoms with Crippen molar-refractivity contribution in [1.82, 2.24) is 25.8 Å². The maximum Gasteiger partial charge on any atom is 1.00 e. The van der Waals surface area contributed by atoms with Crippen molar-refractivity contribution in [2.24, 2.45) is 11.5 Å². The van der Waals surface area contributed by atoms with Gasteiger partial charge in [0.1, 0.15) is 30.7 Å². The Labute approximate surface area is 319 Å². The topological polar surface area (TPSA) is 308 Å². The van der Waals surface area contributed by atoms with Gasteiger partial charge in [0.05, 0.1) is 23.7 Å². The first-order valence-corrected chi connectivity index (χ1v) is 14.3. The largest absolute Gasteiger partial charge is 1.00 e. The summed E-state index contributed by atoms with van der Waals surface area (Å²) in [4.78, 5) is 98.7. The van der Waals surface area contributed by atoms with Gasteiger partial charge >= 0.3 is 83.4 Å². The minimum atomic E-state index is -1.71. The van der Waals surface area contributed by atoms with E-state index in [1.165, 1.54) is 24.3 Å². The van der Waals surface area contributed by atoms with E-state index < -0.39 is 90.4 Å². The summed E-state index contributed by atoms with van der Waals surface area (Å²) in [6, 6.07) is -0.580. The first-order valence-electron chi connectivity index (χ1n) is 13.2. The molecule has 3 heterocycles. The first kappa shape index (κ1) is 40.6. The molecule has 0 radical (unpaired) electrons. The van der Waals surface area contributed by atoms with Crippen molar-refractivity contribution in [2.75, 3.05) is 37.4 Å². The van der Waals surface area contributed by atoms with Crippen LogP contribution >= 0.6 is 11.8 Å². The van der Waals surface area contributed by atoms with Crippen LogP contribution in [0, 0.1) is 0 Å². The minimum absolute atomic E-state index is 0. The molecular formula is C25H26N8Na2O12S. The van der Waals surface area contributed by atoms with Crippen molar-refractivity contribution >= 4 is 65.5 Å². The second-order valence-corrected chi connectivity index (χ2v) is 10.9. The average Bonchev–Trinajstić information content (AvgIpc) is 3.45. The van der Waals surface area contributed by atoms with Gasteiger partial charge in [-0.15, -0.1) is 11.8 Å². The van der Waals surface area contributed by atoms with E-state index in [4.69, 9.17) is 16.2 Å². The second kappa shape index (κ2) is 17.7. The van der Waals surface area contributed by atoms with Gasteiger partial charge in [0.15, 0.2) is 0 Å². The quantitative estimate of drug-likeness (QED) is 0.0919. The summed E-state index contributed by atoms with van der Waals surface area (Å²) in [6.07, 6.45) is -2.20. The van der Waals surface area contributed by atoms with Crippen molar-refractivity contribution in [2.45, 2.75) is 23.5 Å². The number of anilines is 1. The number of imide groups is 1. The number of hydrogen-bond acceptors (Lipinski definition) is 14. The molecule has 1 aromatic carbocycles. The zero-order chi connectivity index (χ0) is 33.7. The van der Waals surface area contributed by atoms with Crippen LogP contribution in [0.3, 0.4) is 0 Å². The SMILES string of the molecule is NC(=O)OCC1=C(C(=O)[O-])N2C(=O)[C@@H](NC(=O)[C@H](NC(=O)N3CCNC3=O)c3ccc(NC(=O)OC[C@@H](N)C(=O)[O-])cc3)[C@@H]2SC1.[Na+].[Na+]. The molecule has 23 heteroatoms. The third kappa shape index (κ3) is 9.53. The van der Waals surface area contributed by atoms with Gasteiger partial charge in [-0.05, 0) is 17.7 Å².